The first-order valence-corrected chi connectivity index (χ1v) is 13.3. The monoisotopic (exact) mass is 471 g/mol. The molecule has 4 bridgehead atoms. The number of piperidine rings is 1. The molecule has 2 saturated heterocycles. The summed E-state index contributed by atoms with van der Waals surface area (Å²) in [5, 5.41) is 4.41. The fraction of sp³-hybridized carbons (Fsp3) is 0.731. The molecule has 2 unspecified atom stereocenters. The topological polar surface area (TPSA) is 55.3 Å². The maximum Gasteiger partial charge on any atom is 0.210 e. The van der Waals surface area contributed by atoms with Gasteiger partial charge in [-0.3, -0.25) is 4.99 Å². The molecule has 0 aromatic carbocycles. The SMILES string of the molecule is ClC1=CC2N=CC=C(NCCN3CCC4(CC3)OOC3(O4)C4CC5CC(C4)CC3C5)C2C=C1. The lowest BCUT2D eigenvalue weighted by Crippen LogP contribution is -2.59. The number of nitrogens with one attached hydrogen (secondary N) is 1. The van der Waals surface area contributed by atoms with E-state index in [0.29, 0.717) is 11.8 Å². The van der Waals surface area contributed by atoms with Gasteiger partial charge >= 0.3 is 0 Å². The second-order valence-corrected chi connectivity index (χ2v) is 11.8. The van der Waals surface area contributed by atoms with E-state index in [1.807, 2.05) is 18.4 Å². The highest BCUT2D eigenvalue weighted by molar-refractivity contribution is 6.31. The summed E-state index contributed by atoms with van der Waals surface area (Å²) in [6.45, 7) is 3.87. The molecule has 0 radical (unpaired) electrons. The van der Waals surface area contributed by atoms with Crippen LogP contribution in [0.4, 0.5) is 0 Å². The molecule has 1 N–H and O–H groups in total. The number of aliphatic imine (C=N–C) groups is 1. The van der Waals surface area contributed by atoms with Gasteiger partial charge < -0.3 is 15.0 Å². The van der Waals surface area contributed by atoms with Crippen LogP contribution in [0.5, 0.6) is 0 Å². The lowest BCUT2D eigenvalue weighted by atomic mass is 9.53. The second kappa shape index (κ2) is 7.92. The van der Waals surface area contributed by atoms with E-state index >= 15 is 0 Å². The number of halogens is 1. The van der Waals surface area contributed by atoms with Gasteiger partial charge in [0, 0.05) is 73.7 Å². The molecule has 2 atom stereocenters. The third-order valence-corrected chi connectivity index (χ3v) is 9.60. The third kappa shape index (κ3) is 3.56. The molecule has 33 heavy (non-hydrogen) atoms. The highest BCUT2D eigenvalue weighted by atomic mass is 35.5. The number of likely N-dealkylation sites (tertiary alicyclic amines) is 1. The number of hydrogen-bond donors (Lipinski definition) is 1. The Morgan fingerprint density at radius 3 is 2.58 bits per heavy atom. The normalized spacial score (nSPS) is 44.9. The van der Waals surface area contributed by atoms with Crippen molar-refractivity contribution in [3.05, 3.63) is 35.0 Å². The molecule has 2 spiro atoms. The predicted octanol–water partition coefficient (Wildman–Crippen LogP) is 4.14. The van der Waals surface area contributed by atoms with Crippen LogP contribution in [-0.4, -0.2) is 54.9 Å². The van der Waals surface area contributed by atoms with E-state index in [9.17, 15) is 0 Å². The molecule has 3 heterocycles. The molecular formula is C26H34ClN3O3. The Morgan fingerprint density at radius 2 is 1.82 bits per heavy atom. The third-order valence-electron chi connectivity index (χ3n) is 9.35. The number of ether oxygens (including phenoxy) is 1. The summed E-state index contributed by atoms with van der Waals surface area (Å²) in [6.07, 6.45) is 18.4. The molecule has 7 heteroatoms. The van der Waals surface area contributed by atoms with Gasteiger partial charge in [-0.2, -0.15) is 9.78 Å². The molecule has 6 nitrogen and oxygen atoms in total. The van der Waals surface area contributed by atoms with Crippen LogP contribution in [0.15, 0.2) is 40.0 Å². The molecule has 178 valence electrons. The average Bonchev–Trinajstić information content (AvgIpc) is 3.18. The lowest BCUT2D eigenvalue weighted by Gasteiger charge is -2.57. The van der Waals surface area contributed by atoms with Crippen molar-refractivity contribution in [3.8, 4) is 0 Å². The number of hydrogen-bond acceptors (Lipinski definition) is 6. The van der Waals surface area contributed by atoms with Crippen molar-refractivity contribution in [2.75, 3.05) is 26.2 Å². The zero-order valence-corrected chi connectivity index (χ0v) is 19.9. The zero-order valence-electron chi connectivity index (χ0n) is 19.1. The summed E-state index contributed by atoms with van der Waals surface area (Å²) < 4.78 is 6.84. The highest BCUT2D eigenvalue weighted by Gasteiger charge is 2.66. The molecular weight excluding hydrogens is 438 g/mol. The van der Waals surface area contributed by atoms with Crippen LogP contribution in [0, 0.1) is 29.6 Å². The van der Waals surface area contributed by atoms with Gasteiger partial charge in [0.25, 0.3) is 0 Å². The number of fused-ring (bicyclic) bond motifs is 1. The Bertz CT molecular complexity index is 892. The van der Waals surface area contributed by atoms with Crippen molar-refractivity contribution < 1.29 is 14.5 Å². The Balaban J connectivity index is 0.922. The fourth-order valence-electron chi connectivity index (χ4n) is 7.84. The smallest absolute Gasteiger partial charge is 0.210 e. The van der Waals surface area contributed by atoms with Crippen LogP contribution < -0.4 is 5.32 Å². The number of dihydropyridines is 1. The largest absolute Gasteiger partial charge is 0.386 e. The van der Waals surface area contributed by atoms with Gasteiger partial charge in [0.1, 0.15) is 0 Å². The van der Waals surface area contributed by atoms with Crippen molar-refractivity contribution >= 4 is 17.8 Å². The number of rotatable bonds is 4. The quantitative estimate of drug-likeness (QED) is 0.624. The van der Waals surface area contributed by atoms with Gasteiger partial charge in [-0.15, -0.1) is 0 Å². The first kappa shape index (κ1) is 21.1. The van der Waals surface area contributed by atoms with Gasteiger partial charge in [0.2, 0.25) is 11.6 Å². The Kier molecular flexibility index (Phi) is 5.07. The first-order chi connectivity index (χ1) is 16.1. The van der Waals surface area contributed by atoms with Crippen LogP contribution >= 0.6 is 11.6 Å². The van der Waals surface area contributed by atoms with Crippen LogP contribution in [0.25, 0.3) is 0 Å². The van der Waals surface area contributed by atoms with E-state index in [4.69, 9.17) is 26.1 Å². The molecule has 3 aliphatic heterocycles. The lowest BCUT2D eigenvalue weighted by molar-refractivity contribution is -0.390. The van der Waals surface area contributed by atoms with E-state index in [-0.39, 0.29) is 12.0 Å². The molecule has 8 aliphatic rings. The standard InChI is InChI=1S/C26H34ClN3O3/c27-21-1-2-22-23(3-6-28-24(22)16-21)29-7-10-30-8-4-25(5-9-30)31-26(33-32-25)19-12-17-11-18(14-19)15-20(26)13-17/h1-3,6,16-20,22,24,29H,4-5,7-15H2. The van der Waals surface area contributed by atoms with E-state index in [1.165, 1.54) is 37.8 Å². The summed E-state index contributed by atoms with van der Waals surface area (Å²) in [7, 11) is 0. The fourth-order valence-corrected chi connectivity index (χ4v) is 8.04. The van der Waals surface area contributed by atoms with E-state index in [0.717, 1.165) is 55.9 Å². The molecule has 5 aliphatic carbocycles. The predicted molar refractivity (Wildman–Crippen MR) is 126 cm³/mol. The second-order valence-electron chi connectivity index (χ2n) is 11.3. The highest BCUT2D eigenvalue weighted by Crippen LogP contribution is 2.63. The van der Waals surface area contributed by atoms with Crippen molar-refractivity contribution in [1.29, 1.82) is 0 Å². The minimum atomic E-state index is -0.534. The van der Waals surface area contributed by atoms with Crippen LogP contribution in [0.1, 0.15) is 44.9 Å². The summed E-state index contributed by atoms with van der Waals surface area (Å²) in [4.78, 5) is 19.3. The van der Waals surface area contributed by atoms with E-state index in [1.54, 1.807) is 0 Å². The minimum Gasteiger partial charge on any atom is -0.386 e. The van der Waals surface area contributed by atoms with Gasteiger partial charge in [-0.25, -0.2) is 0 Å². The Hall–Kier alpha value is -1.18. The number of allylic oxidation sites excluding steroid dienone is 3. The van der Waals surface area contributed by atoms with E-state index in [2.05, 4.69) is 27.4 Å². The van der Waals surface area contributed by atoms with Crippen molar-refractivity contribution in [2.24, 2.45) is 34.6 Å². The maximum atomic E-state index is 6.84. The summed E-state index contributed by atoms with van der Waals surface area (Å²) >= 11 is 6.15. The Morgan fingerprint density at radius 1 is 1.06 bits per heavy atom. The summed E-state index contributed by atoms with van der Waals surface area (Å²) in [5.74, 6) is 2.14. The summed E-state index contributed by atoms with van der Waals surface area (Å²) in [6, 6.07) is 0.110. The van der Waals surface area contributed by atoms with Gasteiger partial charge in [-0.1, -0.05) is 17.7 Å². The molecule has 6 fully saturated rings. The van der Waals surface area contributed by atoms with Gasteiger partial charge in [0.05, 0.1) is 6.04 Å². The summed E-state index contributed by atoms with van der Waals surface area (Å²) in [5.41, 5.74) is 1.22. The molecule has 0 aromatic rings. The number of nitrogens with zero attached hydrogens (tertiary/aromatic N) is 2. The van der Waals surface area contributed by atoms with Crippen molar-refractivity contribution in [3.63, 3.8) is 0 Å². The van der Waals surface area contributed by atoms with Crippen LogP contribution in [0.2, 0.25) is 0 Å². The molecule has 0 aromatic heterocycles. The molecule has 0 amide bonds. The maximum absolute atomic E-state index is 6.84. The van der Waals surface area contributed by atoms with Gasteiger partial charge in [0.15, 0.2) is 0 Å². The van der Waals surface area contributed by atoms with Crippen molar-refractivity contribution in [2.45, 2.75) is 62.6 Å². The van der Waals surface area contributed by atoms with Crippen molar-refractivity contribution in [1.82, 2.24) is 10.2 Å². The van der Waals surface area contributed by atoms with Gasteiger partial charge in [-0.05, 0) is 62.2 Å². The Labute approximate surface area is 201 Å². The molecule has 4 saturated carbocycles. The van der Waals surface area contributed by atoms with E-state index < -0.39 is 11.6 Å². The van der Waals surface area contributed by atoms with Crippen LogP contribution in [-0.2, 0) is 14.5 Å². The average molecular weight is 472 g/mol. The first-order valence-electron chi connectivity index (χ1n) is 12.9. The van der Waals surface area contributed by atoms with Crippen LogP contribution in [0.3, 0.4) is 0 Å². The molecule has 8 rings (SSSR count). The zero-order chi connectivity index (χ0) is 22.0. The minimum absolute atomic E-state index is 0.110.